The Morgan fingerprint density at radius 2 is 1.96 bits per heavy atom. The zero-order valence-corrected chi connectivity index (χ0v) is 13.5. The number of carbonyl (C=O) groups excluding carboxylic acids is 2. The fourth-order valence-corrected chi connectivity index (χ4v) is 4.25. The van der Waals surface area contributed by atoms with Crippen LogP contribution >= 0.6 is 0 Å². The lowest BCUT2D eigenvalue weighted by molar-refractivity contribution is -0.142. The molecule has 4 rings (SSSR count). The van der Waals surface area contributed by atoms with Crippen LogP contribution in [-0.4, -0.2) is 42.1 Å². The summed E-state index contributed by atoms with van der Waals surface area (Å²) in [6.45, 7) is 1.71. The first-order valence-electron chi connectivity index (χ1n) is 8.54. The van der Waals surface area contributed by atoms with Crippen LogP contribution in [0.5, 0.6) is 0 Å². The first-order valence-corrected chi connectivity index (χ1v) is 8.54. The van der Waals surface area contributed by atoms with Gasteiger partial charge >= 0.3 is 6.09 Å². The van der Waals surface area contributed by atoms with Crippen LogP contribution < -0.4 is 5.32 Å². The van der Waals surface area contributed by atoms with Crippen LogP contribution in [0.3, 0.4) is 0 Å². The molecule has 1 aliphatic carbocycles. The third-order valence-corrected chi connectivity index (χ3v) is 5.62. The first-order chi connectivity index (χ1) is 11.6. The van der Waals surface area contributed by atoms with Crippen LogP contribution in [-0.2, 0) is 9.53 Å². The van der Waals surface area contributed by atoms with Gasteiger partial charge in [0.25, 0.3) is 0 Å². The van der Waals surface area contributed by atoms with E-state index in [9.17, 15) is 14.0 Å². The van der Waals surface area contributed by atoms with Crippen molar-refractivity contribution in [3.05, 3.63) is 35.6 Å². The first kappa shape index (κ1) is 15.4. The van der Waals surface area contributed by atoms with Crippen LogP contribution in [0, 0.1) is 11.7 Å². The van der Waals surface area contributed by atoms with Gasteiger partial charge in [-0.05, 0) is 43.2 Å². The highest BCUT2D eigenvalue weighted by atomic mass is 19.1. The van der Waals surface area contributed by atoms with Gasteiger partial charge < -0.3 is 15.0 Å². The molecule has 0 bridgehead atoms. The van der Waals surface area contributed by atoms with Crippen LogP contribution in [0.1, 0.15) is 37.2 Å². The van der Waals surface area contributed by atoms with E-state index in [2.05, 4.69) is 5.32 Å². The van der Waals surface area contributed by atoms with Gasteiger partial charge in [0.2, 0.25) is 5.91 Å². The van der Waals surface area contributed by atoms with E-state index in [0.717, 1.165) is 18.4 Å². The molecular weight excluding hydrogens is 311 g/mol. The molecule has 0 radical (unpaired) electrons. The molecule has 2 heterocycles. The van der Waals surface area contributed by atoms with E-state index in [1.165, 1.54) is 6.07 Å². The predicted octanol–water partition coefficient (Wildman–Crippen LogP) is 2.42. The molecule has 128 valence electrons. The minimum absolute atomic E-state index is 0.0305. The minimum atomic E-state index is -0.383. The highest BCUT2D eigenvalue weighted by Crippen LogP contribution is 2.42. The third kappa shape index (κ3) is 2.64. The summed E-state index contributed by atoms with van der Waals surface area (Å²) in [4.78, 5) is 25.7. The smallest absolute Gasteiger partial charge is 0.407 e. The molecule has 0 aromatic heterocycles. The normalized spacial score (nSPS) is 30.0. The number of benzene rings is 1. The molecule has 1 N–H and O–H groups in total. The second-order valence-electron chi connectivity index (χ2n) is 7.21. The van der Waals surface area contributed by atoms with Crippen LogP contribution in [0.25, 0.3) is 0 Å². The van der Waals surface area contributed by atoms with E-state index in [0.29, 0.717) is 32.5 Å². The van der Waals surface area contributed by atoms with Crippen molar-refractivity contribution in [3.63, 3.8) is 0 Å². The van der Waals surface area contributed by atoms with Crippen molar-refractivity contribution in [3.8, 4) is 0 Å². The summed E-state index contributed by atoms with van der Waals surface area (Å²) >= 11 is 0. The molecule has 0 atom stereocenters. The van der Waals surface area contributed by atoms with Gasteiger partial charge in [-0.25, -0.2) is 9.18 Å². The molecule has 3 fully saturated rings. The van der Waals surface area contributed by atoms with E-state index >= 15 is 0 Å². The standard InChI is InChI=1S/C18H21FN2O3/c19-15-4-2-1-3-14(15)12-5-7-21(8-6-12)16(22)13-9-18(10-13)11-24-17(23)20-18/h1-4,12-13H,5-11H2,(H,20,23). The van der Waals surface area contributed by atoms with Gasteiger partial charge in [-0.2, -0.15) is 0 Å². The van der Waals surface area contributed by atoms with Gasteiger partial charge in [0.15, 0.2) is 0 Å². The molecule has 2 amide bonds. The molecule has 1 spiro atoms. The maximum atomic E-state index is 13.9. The highest BCUT2D eigenvalue weighted by molar-refractivity contribution is 5.81. The zero-order chi connectivity index (χ0) is 16.7. The Hall–Kier alpha value is -2.11. The Bertz CT molecular complexity index is 664. The number of nitrogens with zero attached hydrogens (tertiary/aromatic N) is 1. The van der Waals surface area contributed by atoms with E-state index in [-0.39, 0.29) is 35.2 Å². The van der Waals surface area contributed by atoms with Crippen LogP contribution in [0.15, 0.2) is 24.3 Å². The number of amides is 2. The van der Waals surface area contributed by atoms with Gasteiger partial charge in [0.1, 0.15) is 12.4 Å². The molecule has 24 heavy (non-hydrogen) atoms. The average molecular weight is 332 g/mol. The van der Waals surface area contributed by atoms with Gasteiger partial charge in [-0.3, -0.25) is 4.79 Å². The molecule has 2 saturated heterocycles. The van der Waals surface area contributed by atoms with E-state index in [1.54, 1.807) is 6.07 Å². The average Bonchev–Trinajstić information content (AvgIpc) is 2.96. The number of likely N-dealkylation sites (tertiary alicyclic amines) is 1. The molecule has 1 aromatic rings. The van der Waals surface area contributed by atoms with Crippen molar-refractivity contribution in [2.75, 3.05) is 19.7 Å². The molecule has 1 aromatic carbocycles. The summed E-state index contributed by atoms with van der Waals surface area (Å²) in [6, 6.07) is 6.91. The Morgan fingerprint density at radius 1 is 1.25 bits per heavy atom. The van der Waals surface area contributed by atoms with Crippen LogP contribution in [0.4, 0.5) is 9.18 Å². The summed E-state index contributed by atoms with van der Waals surface area (Å²) in [6.07, 6.45) is 2.52. The molecule has 6 heteroatoms. The number of halogens is 1. The van der Waals surface area contributed by atoms with Gasteiger partial charge in [0, 0.05) is 19.0 Å². The zero-order valence-electron chi connectivity index (χ0n) is 13.5. The number of ether oxygens (including phenoxy) is 1. The Kier molecular flexibility index (Phi) is 3.70. The lowest BCUT2D eigenvalue weighted by Gasteiger charge is -2.45. The van der Waals surface area contributed by atoms with Gasteiger partial charge in [-0.15, -0.1) is 0 Å². The third-order valence-electron chi connectivity index (χ3n) is 5.62. The number of nitrogens with one attached hydrogen (secondary N) is 1. The fourth-order valence-electron chi connectivity index (χ4n) is 4.25. The molecule has 2 aliphatic heterocycles. The lowest BCUT2D eigenvalue weighted by atomic mass is 9.68. The molecular formula is C18H21FN2O3. The number of rotatable bonds is 2. The number of carbonyl (C=O) groups is 2. The second-order valence-corrected chi connectivity index (χ2v) is 7.21. The second kappa shape index (κ2) is 5.76. The van der Waals surface area contributed by atoms with Crippen LogP contribution in [0.2, 0.25) is 0 Å². The van der Waals surface area contributed by atoms with E-state index in [1.807, 2.05) is 17.0 Å². The summed E-state index contributed by atoms with van der Waals surface area (Å²) in [5.41, 5.74) is 0.445. The highest BCUT2D eigenvalue weighted by Gasteiger charge is 2.53. The summed E-state index contributed by atoms with van der Waals surface area (Å²) in [5.74, 6) is 0.163. The SMILES string of the molecule is O=C1NC2(CO1)CC(C(=O)N1CCC(c3ccccc3F)CC1)C2. The van der Waals surface area contributed by atoms with Crippen molar-refractivity contribution in [2.24, 2.45) is 5.92 Å². The molecule has 3 aliphatic rings. The summed E-state index contributed by atoms with van der Waals surface area (Å²) in [5, 5.41) is 2.82. The Balaban J connectivity index is 1.31. The molecule has 5 nitrogen and oxygen atoms in total. The monoisotopic (exact) mass is 332 g/mol. The number of hydrogen-bond acceptors (Lipinski definition) is 3. The van der Waals surface area contributed by atoms with Crippen molar-refractivity contribution in [2.45, 2.75) is 37.1 Å². The van der Waals surface area contributed by atoms with Crippen molar-refractivity contribution in [1.29, 1.82) is 0 Å². The number of hydrogen-bond donors (Lipinski definition) is 1. The predicted molar refractivity (Wildman–Crippen MR) is 84.9 cm³/mol. The largest absolute Gasteiger partial charge is 0.447 e. The summed E-state index contributed by atoms with van der Waals surface area (Å²) < 4.78 is 18.8. The van der Waals surface area contributed by atoms with Gasteiger partial charge in [-0.1, -0.05) is 18.2 Å². The number of piperidine rings is 1. The lowest BCUT2D eigenvalue weighted by Crippen LogP contribution is -2.58. The van der Waals surface area contributed by atoms with Crippen molar-refractivity contribution >= 4 is 12.0 Å². The van der Waals surface area contributed by atoms with Crippen molar-refractivity contribution < 1.29 is 18.7 Å². The van der Waals surface area contributed by atoms with E-state index < -0.39 is 0 Å². The number of cyclic esters (lactones) is 1. The molecule has 1 saturated carbocycles. The Labute approximate surface area is 140 Å². The molecule has 0 unspecified atom stereocenters. The van der Waals surface area contributed by atoms with Crippen molar-refractivity contribution in [1.82, 2.24) is 10.2 Å². The maximum absolute atomic E-state index is 13.9. The summed E-state index contributed by atoms with van der Waals surface area (Å²) in [7, 11) is 0. The Morgan fingerprint density at radius 3 is 2.58 bits per heavy atom. The van der Waals surface area contributed by atoms with Gasteiger partial charge in [0.05, 0.1) is 5.54 Å². The quantitative estimate of drug-likeness (QED) is 0.905. The maximum Gasteiger partial charge on any atom is 0.407 e. The van der Waals surface area contributed by atoms with E-state index in [4.69, 9.17) is 4.74 Å². The topological polar surface area (TPSA) is 58.6 Å². The minimum Gasteiger partial charge on any atom is -0.447 e. The number of alkyl carbamates (subject to hydrolysis) is 1. The fraction of sp³-hybridized carbons (Fsp3) is 0.556.